The molecule has 0 aromatic carbocycles. The van der Waals surface area contributed by atoms with Crippen molar-refractivity contribution in [3.8, 4) is 0 Å². The van der Waals surface area contributed by atoms with Gasteiger partial charge in [0.25, 0.3) is 11.5 Å². The van der Waals surface area contributed by atoms with Crippen molar-refractivity contribution >= 4 is 46.2 Å². The number of aliphatic carboxylic acids is 2. The third-order valence-electron chi connectivity index (χ3n) is 4.76. The minimum atomic E-state index is -1.30. The smallest absolute Gasteiger partial charge is 0.326 e. The highest BCUT2D eigenvalue weighted by Crippen LogP contribution is 2.33. The Balaban J connectivity index is 1.81. The molecule has 0 saturated carbocycles. The van der Waals surface area contributed by atoms with Crippen LogP contribution in [0.3, 0.4) is 0 Å². The van der Waals surface area contributed by atoms with Crippen LogP contribution in [0.25, 0.3) is 11.0 Å². The van der Waals surface area contributed by atoms with Crippen molar-refractivity contribution in [2.75, 3.05) is 5.73 Å². The molecule has 12 heteroatoms. The van der Waals surface area contributed by atoms with E-state index >= 15 is 0 Å². The van der Waals surface area contributed by atoms with E-state index in [9.17, 15) is 24.3 Å². The number of amides is 1. The van der Waals surface area contributed by atoms with Gasteiger partial charge < -0.3 is 26.2 Å². The summed E-state index contributed by atoms with van der Waals surface area (Å²) in [6, 6.07) is 3.74. The van der Waals surface area contributed by atoms with Crippen LogP contribution >= 0.6 is 11.3 Å². The van der Waals surface area contributed by atoms with Crippen LogP contribution in [-0.2, 0) is 9.59 Å². The fourth-order valence-electron chi connectivity index (χ4n) is 3.24. The van der Waals surface area contributed by atoms with Gasteiger partial charge in [-0.05, 0) is 31.0 Å². The zero-order valence-corrected chi connectivity index (χ0v) is 17.3. The minimum Gasteiger partial charge on any atom is -0.481 e. The van der Waals surface area contributed by atoms with Crippen LogP contribution in [-0.4, -0.2) is 49.1 Å². The number of aromatic amines is 2. The number of hydrogen-bond acceptors (Lipinski definition) is 7. The Morgan fingerprint density at radius 3 is 2.65 bits per heavy atom. The van der Waals surface area contributed by atoms with Crippen molar-refractivity contribution in [3.63, 3.8) is 0 Å². The number of fused-ring (bicyclic) bond motifs is 1. The summed E-state index contributed by atoms with van der Waals surface area (Å²) in [6.07, 6.45) is 0.0764. The number of thiophene rings is 1. The number of carboxylic acid groups (broad SMARTS) is 2. The summed E-state index contributed by atoms with van der Waals surface area (Å²) in [5.41, 5.74) is 6.33. The lowest BCUT2D eigenvalue weighted by molar-refractivity contribution is -0.140. The van der Waals surface area contributed by atoms with E-state index < -0.39 is 23.9 Å². The first kappa shape index (κ1) is 22.0. The molecule has 1 amide bonds. The number of hydrogen-bond donors (Lipinski definition) is 6. The molecule has 3 rings (SSSR count). The van der Waals surface area contributed by atoms with Crippen LogP contribution in [0, 0.1) is 0 Å². The molecule has 0 bridgehead atoms. The van der Waals surface area contributed by atoms with Gasteiger partial charge in [0.2, 0.25) is 5.95 Å². The Morgan fingerprint density at radius 1 is 1.26 bits per heavy atom. The van der Waals surface area contributed by atoms with Crippen LogP contribution in [0.2, 0.25) is 0 Å². The standard InChI is InChI=1S/C19H21N5O6S/c1-2-8(11-7-9-15(21-11)23-19(20)24-16(9)27)12-4-5-13(31-12)17(28)22-10(18(29)30)3-6-14(25)26/h4-5,7-8,10H,2-3,6H2,1H3,(H,22,28)(H,25,26)(H,29,30)(H4,20,21,23,24,27). The number of nitrogens with zero attached hydrogens (tertiary/aromatic N) is 1. The Hall–Kier alpha value is -3.67. The Kier molecular flexibility index (Phi) is 6.39. The molecule has 31 heavy (non-hydrogen) atoms. The first-order chi connectivity index (χ1) is 14.7. The Bertz CT molecular complexity index is 1200. The monoisotopic (exact) mass is 447 g/mol. The summed E-state index contributed by atoms with van der Waals surface area (Å²) >= 11 is 1.19. The summed E-state index contributed by atoms with van der Waals surface area (Å²) in [5.74, 6) is -3.18. The van der Waals surface area contributed by atoms with E-state index in [-0.39, 0.29) is 30.3 Å². The molecule has 0 aliphatic rings. The van der Waals surface area contributed by atoms with E-state index in [4.69, 9.17) is 10.8 Å². The van der Waals surface area contributed by atoms with Gasteiger partial charge in [-0.15, -0.1) is 11.3 Å². The number of carbonyl (C=O) groups is 3. The Morgan fingerprint density at radius 2 is 2.00 bits per heavy atom. The molecule has 11 nitrogen and oxygen atoms in total. The van der Waals surface area contributed by atoms with Crippen LogP contribution in [0.4, 0.5) is 5.95 Å². The minimum absolute atomic E-state index is 0.00455. The van der Waals surface area contributed by atoms with Gasteiger partial charge in [0.15, 0.2) is 0 Å². The second-order valence-electron chi connectivity index (χ2n) is 6.90. The number of anilines is 1. The number of nitrogens with two attached hydrogens (primary N) is 1. The maximum atomic E-state index is 12.5. The molecule has 3 aromatic heterocycles. The van der Waals surface area contributed by atoms with Crippen molar-refractivity contribution in [1.29, 1.82) is 0 Å². The third-order valence-corrected chi connectivity index (χ3v) is 5.96. The first-order valence-corrected chi connectivity index (χ1v) is 10.2. The van der Waals surface area contributed by atoms with E-state index in [1.807, 2.05) is 6.92 Å². The average molecular weight is 447 g/mol. The quantitative estimate of drug-likeness (QED) is 0.284. The molecule has 3 heterocycles. The largest absolute Gasteiger partial charge is 0.481 e. The van der Waals surface area contributed by atoms with Gasteiger partial charge in [-0.2, -0.15) is 4.98 Å². The average Bonchev–Trinajstić information content (AvgIpc) is 3.33. The van der Waals surface area contributed by atoms with Crippen LogP contribution in [0.5, 0.6) is 0 Å². The van der Waals surface area contributed by atoms with E-state index in [1.54, 1.807) is 18.2 Å². The van der Waals surface area contributed by atoms with Gasteiger partial charge in [-0.3, -0.25) is 19.4 Å². The summed E-state index contributed by atoms with van der Waals surface area (Å²) in [5, 5.41) is 20.7. The molecule has 0 aliphatic carbocycles. The van der Waals surface area contributed by atoms with Gasteiger partial charge in [0.1, 0.15) is 11.7 Å². The predicted molar refractivity (Wildman–Crippen MR) is 113 cm³/mol. The van der Waals surface area contributed by atoms with Crippen molar-refractivity contribution in [2.45, 2.75) is 38.1 Å². The highest BCUT2D eigenvalue weighted by atomic mass is 32.1. The second-order valence-corrected chi connectivity index (χ2v) is 8.01. The third kappa shape index (κ3) is 4.91. The van der Waals surface area contributed by atoms with Gasteiger partial charge in [0, 0.05) is 22.9 Å². The van der Waals surface area contributed by atoms with Crippen LogP contribution < -0.4 is 16.6 Å². The molecular formula is C19H21N5O6S. The molecule has 2 unspecified atom stereocenters. The number of carboxylic acids is 2. The summed E-state index contributed by atoms with van der Waals surface area (Å²) in [6.45, 7) is 1.95. The van der Waals surface area contributed by atoms with Crippen LogP contribution in [0.15, 0.2) is 23.0 Å². The lowest BCUT2D eigenvalue weighted by atomic mass is 10.0. The van der Waals surface area contributed by atoms with Crippen molar-refractivity contribution in [3.05, 3.63) is 44.0 Å². The number of H-pyrrole nitrogens is 2. The fourth-order valence-corrected chi connectivity index (χ4v) is 4.35. The molecule has 2 atom stereocenters. The fraction of sp³-hybridized carbons (Fsp3) is 0.316. The maximum absolute atomic E-state index is 12.5. The molecule has 3 aromatic rings. The zero-order chi connectivity index (χ0) is 22.7. The summed E-state index contributed by atoms with van der Waals surface area (Å²) in [4.78, 5) is 57.3. The van der Waals surface area contributed by atoms with E-state index in [1.165, 1.54) is 11.3 Å². The number of rotatable bonds is 9. The van der Waals surface area contributed by atoms with Crippen molar-refractivity contribution in [2.24, 2.45) is 0 Å². The molecular weight excluding hydrogens is 426 g/mol. The normalized spacial score (nSPS) is 13.1. The van der Waals surface area contributed by atoms with Crippen molar-refractivity contribution < 1.29 is 24.6 Å². The first-order valence-electron chi connectivity index (χ1n) is 9.43. The molecule has 0 saturated heterocycles. The second kappa shape index (κ2) is 9.00. The van der Waals surface area contributed by atoms with Gasteiger partial charge in [-0.25, -0.2) is 4.79 Å². The molecule has 164 valence electrons. The number of nitrogens with one attached hydrogen (secondary N) is 3. The van der Waals surface area contributed by atoms with Crippen molar-refractivity contribution in [1.82, 2.24) is 20.3 Å². The number of aromatic nitrogens is 3. The van der Waals surface area contributed by atoms with E-state index in [0.717, 1.165) is 10.6 Å². The molecule has 0 fully saturated rings. The number of nitrogen functional groups attached to an aromatic ring is 1. The summed E-state index contributed by atoms with van der Waals surface area (Å²) in [7, 11) is 0. The van der Waals surface area contributed by atoms with Gasteiger partial charge in [-0.1, -0.05) is 6.92 Å². The number of carbonyl (C=O) groups excluding carboxylic acids is 1. The Labute approximate surface area is 179 Å². The highest BCUT2D eigenvalue weighted by molar-refractivity contribution is 7.14. The topological polar surface area (TPSA) is 191 Å². The van der Waals surface area contributed by atoms with Gasteiger partial charge in [0.05, 0.1) is 10.3 Å². The lowest BCUT2D eigenvalue weighted by Crippen LogP contribution is -2.40. The SMILES string of the molecule is CCC(c1cc2c(=O)[nH]c(N)nc2[nH]1)c1ccc(C(=O)NC(CCC(=O)O)C(=O)O)s1. The van der Waals surface area contributed by atoms with E-state index in [0.29, 0.717) is 22.3 Å². The van der Waals surface area contributed by atoms with E-state index in [2.05, 4.69) is 20.3 Å². The van der Waals surface area contributed by atoms with Gasteiger partial charge >= 0.3 is 11.9 Å². The zero-order valence-electron chi connectivity index (χ0n) is 16.5. The molecule has 0 radical (unpaired) electrons. The molecule has 0 spiro atoms. The summed E-state index contributed by atoms with van der Waals surface area (Å²) < 4.78 is 0. The van der Waals surface area contributed by atoms with Crippen LogP contribution in [0.1, 0.15) is 52.3 Å². The molecule has 0 aliphatic heterocycles. The lowest BCUT2D eigenvalue weighted by Gasteiger charge is -2.13. The maximum Gasteiger partial charge on any atom is 0.326 e. The highest BCUT2D eigenvalue weighted by Gasteiger charge is 2.24. The predicted octanol–water partition coefficient (Wildman–Crippen LogP) is 1.48. The molecule has 7 N–H and O–H groups in total.